The van der Waals surface area contributed by atoms with E-state index in [2.05, 4.69) is 31.9 Å². The quantitative estimate of drug-likeness (QED) is 0.480. The van der Waals surface area contributed by atoms with Gasteiger partial charge in [-0.1, -0.05) is 17.7 Å². The first kappa shape index (κ1) is 14.6. The van der Waals surface area contributed by atoms with Gasteiger partial charge in [-0.15, -0.1) is 0 Å². The van der Waals surface area contributed by atoms with Gasteiger partial charge in [-0.3, -0.25) is 4.79 Å². The Morgan fingerprint density at radius 1 is 1.05 bits per heavy atom. The van der Waals surface area contributed by atoms with Crippen molar-refractivity contribution in [3.8, 4) is 0 Å². The number of carbonyl (C=O) groups is 1. The van der Waals surface area contributed by atoms with E-state index in [1.54, 1.807) is 0 Å². The van der Waals surface area contributed by atoms with Gasteiger partial charge >= 0.3 is 0 Å². The third-order valence-corrected chi connectivity index (χ3v) is 4.45. The minimum Gasteiger partial charge on any atom is -0.288 e. The van der Waals surface area contributed by atoms with E-state index >= 15 is 0 Å². The SMILES string of the molecule is O=C(c1cc(Cl)c(Br)cc1F)c1cccc(F)c1Br. The predicted octanol–water partition coefficient (Wildman–Crippen LogP) is 5.37. The van der Waals surface area contributed by atoms with Gasteiger partial charge in [0.2, 0.25) is 0 Å². The molecule has 0 aliphatic rings. The fraction of sp³-hybridized carbons (Fsp3) is 0. The van der Waals surface area contributed by atoms with E-state index in [-0.39, 0.29) is 20.6 Å². The highest BCUT2D eigenvalue weighted by atomic mass is 79.9. The van der Waals surface area contributed by atoms with E-state index in [0.29, 0.717) is 4.47 Å². The lowest BCUT2D eigenvalue weighted by atomic mass is 10.0. The molecule has 19 heavy (non-hydrogen) atoms. The third kappa shape index (κ3) is 2.88. The van der Waals surface area contributed by atoms with Crippen molar-refractivity contribution < 1.29 is 13.6 Å². The Morgan fingerprint density at radius 3 is 2.42 bits per heavy atom. The van der Waals surface area contributed by atoms with Crippen LogP contribution in [0.4, 0.5) is 8.78 Å². The fourth-order valence-electron chi connectivity index (χ4n) is 1.52. The lowest BCUT2D eigenvalue weighted by molar-refractivity contribution is 0.103. The van der Waals surface area contributed by atoms with Gasteiger partial charge in [0, 0.05) is 10.0 Å². The summed E-state index contributed by atoms with van der Waals surface area (Å²) in [4.78, 5) is 12.2. The van der Waals surface area contributed by atoms with Crippen LogP contribution in [0, 0.1) is 11.6 Å². The van der Waals surface area contributed by atoms with Crippen molar-refractivity contribution in [3.63, 3.8) is 0 Å². The molecule has 1 nitrogen and oxygen atoms in total. The van der Waals surface area contributed by atoms with Crippen LogP contribution in [0.2, 0.25) is 5.02 Å². The van der Waals surface area contributed by atoms with Crippen molar-refractivity contribution in [3.05, 3.63) is 67.1 Å². The average molecular weight is 410 g/mol. The largest absolute Gasteiger partial charge is 0.288 e. The van der Waals surface area contributed by atoms with Crippen LogP contribution in [0.5, 0.6) is 0 Å². The van der Waals surface area contributed by atoms with Gasteiger partial charge in [0.05, 0.1) is 15.1 Å². The smallest absolute Gasteiger partial charge is 0.197 e. The number of ketones is 1. The average Bonchev–Trinajstić information content (AvgIpc) is 2.36. The first-order chi connectivity index (χ1) is 8.91. The lowest BCUT2D eigenvalue weighted by Crippen LogP contribution is -2.06. The van der Waals surface area contributed by atoms with Crippen molar-refractivity contribution >= 4 is 49.2 Å². The Morgan fingerprint density at radius 2 is 1.74 bits per heavy atom. The molecule has 0 N–H and O–H groups in total. The van der Waals surface area contributed by atoms with Gasteiger partial charge in [0.1, 0.15) is 11.6 Å². The standard InChI is InChI=1S/C13H5Br2ClF2O/c14-8-5-11(18)7(4-9(8)16)13(19)6-2-1-3-10(17)12(6)15/h1-5H. The first-order valence-electron chi connectivity index (χ1n) is 5.05. The highest BCUT2D eigenvalue weighted by Gasteiger charge is 2.19. The number of halogens is 5. The molecule has 0 spiro atoms. The summed E-state index contributed by atoms with van der Waals surface area (Å²) in [5.74, 6) is -1.95. The monoisotopic (exact) mass is 408 g/mol. The topological polar surface area (TPSA) is 17.1 Å². The van der Waals surface area contributed by atoms with Gasteiger partial charge in [-0.05, 0) is 56.1 Å². The molecule has 0 radical (unpaired) electrons. The van der Waals surface area contributed by atoms with E-state index < -0.39 is 17.4 Å². The molecule has 2 aromatic rings. The molecular weight excluding hydrogens is 405 g/mol. The van der Waals surface area contributed by atoms with Crippen LogP contribution < -0.4 is 0 Å². The first-order valence-corrected chi connectivity index (χ1v) is 7.01. The lowest BCUT2D eigenvalue weighted by Gasteiger charge is -2.07. The molecule has 0 amide bonds. The molecule has 0 saturated heterocycles. The molecular formula is C13H5Br2ClF2O. The zero-order valence-corrected chi connectivity index (χ0v) is 13.1. The normalized spacial score (nSPS) is 10.6. The van der Waals surface area contributed by atoms with Gasteiger partial charge in [0.15, 0.2) is 5.78 Å². The highest BCUT2D eigenvalue weighted by molar-refractivity contribution is 9.10. The predicted molar refractivity (Wildman–Crippen MR) is 76.6 cm³/mol. The van der Waals surface area contributed by atoms with Crippen molar-refractivity contribution in [2.45, 2.75) is 0 Å². The Labute approximate surface area is 129 Å². The van der Waals surface area contributed by atoms with E-state index in [1.165, 1.54) is 24.3 Å². The van der Waals surface area contributed by atoms with Crippen molar-refractivity contribution in [2.24, 2.45) is 0 Å². The molecule has 0 aliphatic heterocycles. The highest BCUT2D eigenvalue weighted by Crippen LogP contribution is 2.29. The maximum absolute atomic E-state index is 13.8. The summed E-state index contributed by atoms with van der Waals surface area (Å²) in [5.41, 5.74) is -0.170. The molecule has 0 aliphatic carbocycles. The second kappa shape index (κ2) is 5.69. The molecule has 0 aromatic heterocycles. The molecule has 2 aromatic carbocycles. The number of rotatable bonds is 2. The Hall–Kier alpha value is -0.780. The zero-order chi connectivity index (χ0) is 14.2. The summed E-state index contributed by atoms with van der Waals surface area (Å²) >= 11 is 11.9. The van der Waals surface area contributed by atoms with Crippen LogP contribution in [0.3, 0.4) is 0 Å². The molecule has 98 valence electrons. The van der Waals surface area contributed by atoms with Gasteiger partial charge in [0.25, 0.3) is 0 Å². The Bertz CT molecular complexity index is 674. The maximum Gasteiger partial charge on any atom is 0.197 e. The summed E-state index contributed by atoms with van der Waals surface area (Å²) in [6.07, 6.45) is 0. The zero-order valence-electron chi connectivity index (χ0n) is 9.18. The Kier molecular flexibility index (Phi) is 4.38. The van der Waals surface area contributed by atoms with Crippen LogP contribution in [-0.4, -0.2) is 5.78 Å². The second-order valence-electron chi connectivity index (χ2n) is 3.68. The molecule has 0 fully saturated rings. The van der Waals surface area contributed by atoms with Crippen LogP contribution in [0.15, 0.2) is 39.3 Å². The summed E-state index contributed by atoms with van der Waals surface area (Å²) in [7, 11) is 0. The van der Waals surface area contributed by atoms with Crippen LogP contribution >= 0.6 is 43.5 Å². The number of benzene rings is 2. The fourth-order valence-corrected chi connectivity index (χ4v) is 2.44. The second-order valence-corrected chi connectivity index (χ2v) is 5.73. The summed E-state index contributed by atoms with van der Waals surface area (Å²) in [6.45, 7) is 0. The van der Waals surface area contributed by atoms with Gasteiger partial charge in [-0.2, -0.15) is 0 Å². The third-order valence-electron chi connectivity index (χ3n) is 2.45. The number of hydrogen-bond acceptors (Lipinski definition) is 1. The number of hydrogen-bond donors (Lipinski definition) is 0. The molecule has 0 heterocycles. The van der Waals surface area contributed by atoms with Crippen LogP contribution in [0.25, 0.3) is 0 Å². The van der Waals surface area contributed by atoms with Gasteiger partial charge in [-0.25, -0.2) is 8.78 Å². The molecule has 2 rings (SSSR count). The van der Waals surface area contributed by atoms with Gasteiger partial charge < -0.3 is 0 Å². The Balaban J connectivity index is 2.56. The molecule has 6 heteroatoms. The van der Waals surface area contributed by atoms with E-state index in [1.807, 2.05) is 0 Å². The minimum absolute atomic E-state index is 0.00144. The van der Waals surface area contributed by atoms with Crippen molar-refractivity contribution in [1.82, 2.24) is 0 Å². The molecule has 0 atom stereocenters. The molecule has 0 bridgehead atoms. The number of carbonyl (C=O) groups excluding carboxylic acids is 1. The minimum atomic E-state index is -0.725. The summed E-state index contributed by atoms with van der Waals surface area (Å²) < 4.78 is 27.5. The van der Waals surface area contributed by atoms with Crippen LogP contribution in [0.1, 0.15) is 15.9 Å². The summed E-state index contributed by atoms with van der Waals surface area (Å²) in [6, 6.07) is 6.30. The van der Waals surface area contributed by atoms with Crippen molar-refractivity contribution in [1.29, 1.82) is 0 Å². The van der Waals surface area contributed by atoms with Crippen LogP contribution in [-0.2, 0) is 0 Å². The van der Waals surface area contributed by atoms with E-state index in [4.69, 9.17) is 11.6 Å². The van der Waals surface area contributed by atoms with Crippen molar-refractivity contribution in [2.75, 3.05) is 0 Å². The maximum atomic E-state index is 13.8. The summed E-state index contributed by atoms with van der Waals surface area (Å²) in [5, 5.41) is 0.206. The molecule has 0 saturated carbocycles. The molecule has 0 unspecified atom stereocenters. The van der Waals surface area contributed by atoms with E-state index in [9.17, 15) is 13.6 Å². The van der Waals surface area contributed by atoms with E-state index in [0.717, 1.165) is 6.07 Å².